The molecule has 0 aromatic carbocycles. The molecule has 2 heterocycles. The van der Waals surface area contributed by atoms with E-state index < -0.39 is 0 Å². The van der Waals surface area contributed by atoms with E-state index in [1.807, 2.05) is 13.8 Å². The predicted octanol–water partition coefficient (Wildman–Crippen LogP) is 1.12. The van der Waals surface area contributed by atoms with Gasteiger partial charge in [0, 0.05) is 18.1 Å². The summed E-state index contributed by atoms with van der Waals surface area (Å²) in [7, 11) is 0. The molecule has 1 amide bonds. The number of hydrogen-bond acceptors (Lipinski definition) is 3. The highest BCUT2D eigenvalue weighted by Crippen LogP contribution is 2.23. The standard InChI is InChI=1S/C14H27N3O/c1-11(2)16-14(18)10-17-9-4-3-7-13(17)12-6-5-8-15-12/h11-13,15H,3-10H2,1-2H3,(H,16,18). The van der Waals surface area contributed by atoms with Crippen LogP contribution in [-0.4, -0.2) is 48.6 Å². The molecule has 2 N–H and O–H groups in total. The average molecular weight is 253 g/mol. The van der Waals surface area contributed by atoms with Gasteiger partial charge in [-0.1, -0.05) is 6.42 Å². The van der Waals surface area contributed by atoms with Gasteiger partial charge in [0.2, 0.25) is 5.91 Å². The molecule has 0 radical (unpaired) electrons. The van der Waals surface area contributed by atoms with E-state index in [2.05, 4.69) is 15.5 Å². The zero-order chi connectivity index (χ0) is 13.0. The molecule has 2 aliphatic rings. The number of rotatable bonds is 4. The van der Waals surface area contributed by atoms with E-state index in [0.29, 0.717) is 18.6 Å². The lowest BCUT2D eigenvalue weighted by Crippen LogP contribution is -2.53. The quantitative estimate of drug-likeness (QED) is 0.789. The molecule has 0 aromatic rings. The summed E-state index contributed by atoms with van der Waals surface area (Å²) in [6.45, 7) is 6.83. The van der Waals surface area contributed by atoms with Gasteiger partial charge in [-0.2, -0.15) is 0 Å². The lowest BCUT2D eigenvalue weighted by atomic mass is 9.94. The molecule has 2 unspecified atom stereocenters. The van der Waals surface area contributed by atoms with Crippen LogP contribution in [0.15, 0.2) is 0 Å². The van der Waals surface area contributed by atoms with E-state index in [1.165, 1.54) is 32.1 Å². The lowest BCUT2D eigenvalue weighted by Gasteiger charge is -2.39. The molecule has 0 bridgehead atoms. The summed E-state index contributed by atoms with van der Waals surface area (Å²) in [4.78, 5) is 14.3. The zero-order valence-corrected chi connectivity index (χ0v) is 11.7. The Kier molecular flexibility index (Phi) is 5.01. The van der Waals surface area contributed by atoms with Crippen LogP contribution in [0.2, 0.25) is 0 Å². The summed E-state index contributed by atoms with van der Waals surface area (Å²) >= 11 is 0. The highest BCUT2D eigenvalue weighted by molar-refractivity contribution is 5.78. The van der Waals surface area contributed by atoms with E-state index in [1.54, 1.807) is 0 Å². The number of carbonyl (C=O) groups excluding carboxylic acids is 1. The minimum Gasteiger partial charge on any atom is -0.353 e. The number of likely N-dealkylation sites (tertiary alicyclic amines) is 1. The monoisotopic (exact) mass is 253 g/mol. The average Bonchev–Trinajstić information content (AvgIpc) is 2.81. The Bertz CT molecular complexity index is 274. The van der Waals surface area contributed by atoms with Crippen LogP contribution in [0, 0.1) is 0 Å². The second-order valence-electron chi connectivity index (χ2n) is 5.96. The van der Waals surface area contributed by atoms with Gasteiger partial charge in [0.1, 0.15) is 0 Å². The van der Waals surface area contributed by atoms with Gasteiger partial charge in [0.05, 0.1) is 6.54 Å². The van der Waals surface area contributed by atoms with Gasteiger partial charge in [0.25, 0.3) is 0 Å². The number of piperidine rings is 1. The van der Waals surface area contributed by atoms with Crippen molar-refractivity contribution in [1.82, 2.24) is 15.5 Å². The van der Waals surface area contributed by atoms with Crippen molar-refractivity contribution >= 4 is 5.91 Å². The molecule has 2 aliphatic heterocycles. The van der Waals surface area contributed by atoms with Crippen molar-refractivity contribution in [1.29, 1.82) is 0 Å². The molecule has 0 spiro atoms. The summed E-state index contributed by atoms with van der Waals surface area (Å²) in [5, 5.41) is 6.60. The minimum atomic E-state index is 0.176. The first-order chi connectivity index (χ1) is 8.66. The summed E-state index contributed by atoms with van der Waals surface area (Å²) in [5.41, 5.74) is 0. The highest BCUT2D eigenvalue weighted by atomic mass is 16.2. The highest BCUT2D eigenvalue weighted by Gasteiger charge is 2.32. The molecule has 4 nitrogen and oxygen atoms in total. The van der Waals surface area contributed by atoms with Crippen molar-refractivity contribution in [2.45, 2.75) is 64.1 Å². The Labute approximate surface area is 110 Å². The van der Waals surface area contributed by atoms with E-state index in [0.717, 1.165) is 13.1 Å². The first-order valence-corrected chi connectivity index (χ1v) is 7.43. The summed E-state index contributed by atoms with van der Waals surface area (Å²) < 4.78 is 0. The van der Waals surface area contributed by atoms with Gasteiger partial charge in [0.15, 0.2) is 0 Å². The third-order valence-electron chi connectivity index (χ3n) is 4.02. The third-order valence-corrected chi connectivity index (χ3v) is 4.02. The first kappa shape index (κ1) is 13.8. The van der Waals surface area contributed by atoms with Crippen LogP contribution in [0.5, 0.6) is 0 Å². The maximum absolute atomic E-state index is 11.9. The second kappa shape index (κ2) is 6.53. The summed E-state index contributed by atoms with van der Waals surface area (Å²) in [6, 6.07) is 1.42. The second-order valence-corrected chi connectivity index (χ2v) is 5.96. The number of nitrogens with one attached hydrogen (secondary N) is 2. The SMILES string of the molecule is CC(C)NC(=O)CN1CCCCC1C1CCCN1. The zero-order valence-electron chi connectivity index (χ0n) is 11.7. The van der Waals surface area contributed by atoms with Gasteiger partial charge in [-0.15, -0.1) is 0 Å². The lowest BCUT2D eigenvalue weighted by molar-refractivity contribution is -0.123. The number of amides is 1. The Morgan fingerprint density at radius 2 is 2.17 bits per heavy atom. The molecule has 0 aliphatic carbocycles. The molecular weight excluding hydrogens is 226 g/mol. The smallest absolute Gasteiger partial charge is 0.234 e. The maximum Gasteiger partial charge on any atom is 0.234 e. The molecule has 2 atom stereocenters. The number of nitrogens with zero attached hydrogens (tertiary/aromatic N) is 1. The predicted molar refractivity (Wildman–Crippen MR) is 73.5 cm³/mol. The van der Waals surface area contributed by atoms with E-state index in [-0.39, 0.29) is 11.9 Å². The van der Waals surface area contributed by atoms with Gasteiger partial charge >= 0.3 is 0 Å². The van der Waals surface area contributed by atoms with Crippen LogP contribution < -0.4 is 10.6 Å². The Hall–Kier alpha value is -0.610. The molecule has 2 saturated heterocycles. The van der Waals surface area contributed by atoms with Crippen molar-refractivity contribution in [2.24, 2.45) is 0 Å². The van der Waals surface area contributed by atoms with Gasteiger partial charge in [-0.05, 0) is 52.6 Å². The van der Waals surface area contributed by atoms with E-state index in [4.69, 9.17) is 0 Å². The van der Waals surface area contributed by atoms with Crippen LogP contribution in [0.25, 0.3) is 0 Å². The van der Waals surface area contributed by atoms with Crippen LogP contribution in [0.1, 0.15) is 46.0 Å². The van der Waals surface area contributed by atoms with Crippen LogP contribution >= 0.6 is 0 Å². The number of carbonyl (C=O) groups is 1. The molecule has 0 saturated carbocycles. The Morgan fingerprint density at radius 3 is 2.83 bits per heavy atom. The molecule has 18 heavy (non-hydrogen) atoms. The Balaban J connectivity index is 1.88. The molecule has 2 rings (SSSR count). The van der Waals surface area contributed by atoms with Crippen molar-refractivity contribution in [3.8, 4) is 0 Å². The van der Waals surface area contributed by atoms with Crippen LogP contribution in [-0.2, 0) is 4.79 Å². The fraction of sp³-hybridized carbons (Fsp3) is 0.929. The fourth-order valence-electron chi connectivity index (χ4n) is 3.26. The fourth-order valence-corrected chi connectivity index (χ4v) is 3.26. The maximum atomic E-state index is 11.9. The first-order valence-electron chi connectivity index (χ1n) is 7.43. The van der Waals surface area contributed by atoms with Crippen LogP contribution in [0.4, 0.5) is 0 Å². The molecule has 104 valence electrons. The molecule has 0 aromatic heterocycles. The van der Waals surface area contributed by atoms with E-state index >= 15 is 0 Å². The molecular formula is C14H27N3O. The largest absolute Gasteiger partial charge is 0.353 e. The molecule has 2 fully saturated rings. The third kappa shape index (κ3) is 3.69. The summed E-state index contributed by atoms with van der Waals surface area (Å²) in [5.74, 6) is 0.176. The van der Waals surface area contributed by atoms with Crippen molar-refractivity contribution < 1.29 is 4.79 Å². The Morgan fingerprint density at radius 1 is 1.33 bits per heavy atom. The normalized spacial score (nSPS) is 29.7. The summed E-state index contributed by atoms with van der Waals surface area (Å²) in [6.07, 6.45) is 6.34. The number of hydrogen-bond donors (Lipinski definition) is 2. The topological polar surface area (TPSA) is 44.4 Å². The minimum absolute atomic E-state index is 0.176. The van der Waals surface area contributed by atoms with Gasteiger partial charge in [-0.25, -0.2) is 0 Å². The van der Waals surface area contributed by atoms with Crippen molar-refractivity contribution in [3.05, 3.63) is 0 Å². The van der Waals surface area contributed by atoms with Crippen LogP contribution in [0.3, 0.4) is 0 Å². The van der Waals surface area contributed by atoms with Gasteiger partial charge in [-0.3, -0.25) is 9.69 Å². The van der Waals surface area contributed by atoms with Crippen molar-refractivity contribution in [2.75, 3.05) is 19.6 Å². The van der Waals surface area contributed by atoms with Gasteiger partial charge < -0.3 is 10.6 Å². The molecule has 4 heteroatoms. The van der Waals surface area contributed by atoms with E-state index in [9.17, 15) is 4.79 Å². The van der Waals surface area contributed by atoms with Crippen molar-refractivity contribution in [3.63, 3.8) is 0 Å².